The van der Waals surface area contributed by atoms with E-state index in [1.165, 1.54) is 22.2 Å². The van der Waals surface area contributed by atoms with Crippen molar-refractivity contribution in [2.75, 3.05) is 6.79 Å². The number of hydrogen-bond acceptors (Lipinski definition) is 7. The summed E-state index contributed by atoms with van der Waals surface area (Å²) >= 11 is 4.76. The number of ether oxygens (including phenoxy) is 2. The van der Waals surface area contributed by atoms with Crippen LogP contribution in [0.1, 0.15) is 11.3 Å². The molecule has 0 amide bonds. The molecule has 5 aromatic rings. The zero-order valence-electron chi connectivity index (χ0n) is 18.9. The molecule has 0 saturated heterocycles. The van der Waals surface area contributed by atoms with Crippen molar-refractivity contribution in [1.82, 2.24) is 18.9 Å². The van der Waals surface area contributed by atoms with Gasteiger partial charge in [-0.1, -0.05) is 42.1 Å². The minimum Gasteiger partial charge on any atom is -0.454 e. The van der Waals surface area contributed by atoms with Crippen molar-refractivity contribution >= 4 is 44.2 Å². The Kier molecular flexibility index (Phi) is 5.98. The fourth-order valence-electron chi connectivity index (χ4n) is 4.12. The molecule has 6 rings (SSSR count). The number of rotatable bonds is 6. The number of aromatic nitrogens is 4. The van der Waals surface area contributed by atoms with Crippen molar-refractivity contribution in [3.8, 4) is 11.5 Å². The summed E-state index contributed by atoms with van der Waals surface area (Å²) in [6.07, 6.45) is 2.37. The lowest BCUT2D eigenvalue weighted by atomic mass is 10.1. The van der Waals surface area contributed by atoms with Crippen LogP contribution in [0.5, 0.6) is 11.5 Å². The molecule has 1 aliphatic rings. The molecular formula is C26H19BrN4O4S. The SMILES string of the molecule is O=c1c2cc3c(cc2nc(SCc2cc(=O)n4cc(Br)ccc4n2)n1CCc1ccccc1)OCO3. The standard InChI is InChI=1S/C26H19BrN4O4S/c27-17-6-7-23-28-18(10-24(32)31(23)13-17)14-36-26-29-20-12-22-21(34-15-35-22)11-19(20)25(33)30(26)9-8-16-4-2-1-3-5-16/h1-7,10-13H,8-9,14-15H2. The average Bonchev–Trinajstić information content (AvgIpc) is 3.34. The molecule has 2 aromatic carbocycles. The van der Waals surface area contributed by atoms with Gasteiger partial charge in [0.15, 0.2) is 16.7 Å². The van der Waals surface area contributed by atoms with E-state index in [4.69, 9.17) is 14.5 Å². The molecule has 0 unspecified atom stereocenters. The first-order valence-electron chi connectivity index (χ1n) is 11.2. The number of fused-ring (bicyclic) bond motifs is 3. The molecule has 180 valence electrons. The predicted molar refractivity (Wildman–Crippen MR) is 141 cm³/mol. The van der Waals surface area contributed by atoms with Crippen LogP contribution in [0.3, 0.4) is 0 Å². The highest BCUT2D eigenvalue weighted by molar-refractivity contribution is 9.10. The normalized spacial score (nSPS) is 12.5. The van der Waals surface area contributed by atoms with E-state index in [1.54, 1.807) is 29.0 Å². The summed E-state index contributed by atoms with van der Waals surface area (Å²) in [5.74, 6) is 1.50. The zero-order valence-corrected chi connectivity index (χ0v) is 21.3. The Bertz CT molecular complexity index is 1740. The van der Waals surface area contributed by atoms with Crippen molar-refractivity contribution in [2.45, 2.75) is 23.9 Å². The van der Waals surface area contributed by atoms with Gasteiger partial charge in [0.05, 0.1) is 16.6 Å². The van der Waals surface area contributed by atoms with E-state index in [0.29, 0.717) is 57.6 Å². The highest BCUT2D eigenvalue weighted by Crippen LogP contribution is 2.35. The second-order valence-electron chi connectivity index (χ2n) is 8.26. The van der Waals surface area contributed by atoms with Gasteiger partial charge >= 0.3 is 0 Å². The molecule has 0 saturated carbocycles. The van der Waals surface area contributed by atoms with Crippen molar-refractivity contribution in [3.05, 3.63) is 103 Å². The second kappa shape index (κ2) is 9.44. The number of halogens is 1. The van der Waals surface area contributed by atoms with E-state index in [0.717, 1.165) is 10.0 Å². The van der Waals surface area contributed by atoms with Gasteiger partial charge in [-0.15, -0.1) is 0 Å². The number of hydrogen-bond donors (Lipinski definition) is 0. The molecule has 4 heterocycles. The smallest absolute Gasteiger partial charge is 0.262 e. The van der Waals surface area contributed by atoms with Crippen molar-refractivity contribution in [3.63, 3.8) is 0 Å². The Morgan fingerprint density at radius 1 is 0.972 bits per heavy atom. The van der Waals surface area contributed by atoms with E-state index in [-0.39, 0.29) is 17.9 Å². The summed E-state index contributed by atoms with van der Waals surface area (Å²) in [6.45, 7) is 0.583. The Labute approximate surface area is 217 Å². The largest absolute Gasteiger partial charge is 0.454 e. The van der Waals surface area contributed by atoms with Gasteiger partial charge in [0, 0.05) is 35.1 Å². The third kappa shape index (κ3) is 4.38. The maximum Gasteiger partial charge on any atom is 0.262 e. The molecule has 0 fully saturated rings. The number of benzene rings is 2. The van der Waals surface area contributed by atoms with E-state index < -0.39 is 0 Å². The summed E-state index contributed by atoms with van der Waals surface area (Å²) in [7, 11) is 0. The molecule has 0 aliphatic carbocycles. The maximum atomic E-state index is 13.6. The average molecular weight is 563 g/mol. The summed E-state index contributed by atoms with van der Waals surface area (Å²) in [5.41, 5.74) is 2.52. The molecule has 0 atom stereocenters. The van der Waals surface area contributed by atoms with Gasteiger partial charge < -0.3 is 9.47 Å². The first-order chi connectivity index (χ1) is 17.5. The minimum absolute atomic E-state index is 0.120. The molecule has 10 heteroatoms. The van der Waals surface area contributed by atoms with Crippen LogP contribution in [-0.4, -0.2) is 25.7 Å². The Hall–Kier alpha value is -3.63. The van der Waals surface area contributed by atoms with Gasteiger partial charge in [-0.2, -0.15) is 0 Å². The quantitative estimate of drug-likeness (QED) is 0.223. The lowest BCUT2D eigenvalue weighted by molar-refractivity contribution is 0.174. The van der Waals surface area contributed by atoms with E-state index >= 15 is 0 Å². The van der Waals surface area contributed by atoms with Crippen LogP contribution < -0.4 is 20.6 Å². The van der Waals surface area contributed by atoms with Gasteiger partial charge in [0.2, 0.25) is 6.79 Å². The van der Waals surface area contributed by atoms with E-state index in [2.05, 4.69) is 20.9 Å². The number of nitrogens with zero attached hydrogens (tertiary/aromatic N) is 4. The topological polar surface area (TPSA) is 87.7 Å². The van der Waals surface area contributed by atoms with Gasteiger partial charge in [-0.25, -0.2) is 9.97 Å². The fourth-order valence-corrected chi connectivity index (χ4v) is 5.38. The molecule has 0 N–H and O–H groups in total. The summed E-state index contributed by atoms with van der Waals surface area (Å²) in [5, 5.41) is 1.03. The molecule has 0 radical (unpaired) electrons. The Morgan fingerprint density at radius 3 is 2.61 bits per heavy atom. The van der Waals surface area contributed by atoms with Gasteiger partial charge in [-0.3, -0.25) is 18.6 Å². The highest BCUT2D eigenvalue weighted by Gasteiger charge is 2.19. The minimum atomic E-state index is -0.169. The van der Waals surface area contributed by atoms with Crippen LogP contribution in [0.2, 0.25) is 0 Å². The fraction of sp³-hybridized carbons (Fsp3) is 0.154. The Morgan fingerprint density at radius 2 is 1.78 bits per heavy atom. The lowest BCUT2D eigenvalue weighted by Gasteiger charge is -2.14. The summed E-state index contributed by atoms with van der Waals surface area (Å²) < 4.78 is 14.9. The number of pyridine rings is 1. The predicted octanol–water partition coefficient (Wildman–Crippen LogP) is 4.43. The van der Waals surface area contributed by atoms with Gasteiger partial charge in [0.1, 0.15) is 5.65 Å². The highest BCUT2D eigenvalue weighted by atomic mass is 79.9. The molecule has 3 aromatic heterocycles. The first kappa shape index (κ1) is 22.8. The van der Waals surface area contributed by atoms with E-state index in [1.807, 2.05) is 36.4 Å². The van der Waals surface area contributed by atoms with Crippen molar-refractivity contribution in [2.24, 2.45) is 0 Å². The third-order valence-electron chi connectivity index (χ3n) is 5.91. The van der Waals surface area contributed by atoms with Gasteiger partial charge in [0.25, 0.3) is 11.1 Å². The van der Waals surface area contributed by atoms with Crippen LogP contribution in [-0.2, 0) is 18.7 Å². The van der Waals surface area contributed by atoms with Crippen LogP contribution in [0.4, 0.5) is 0 Å². The number of thioether (sulfide) groups is 1. The van der Waals surface area contributed by atoms with Crippen LogP contribution in [0.25, 0.3) is 16.6 Å². The molecule has 0 bridgehead atoms. The monoisotopic (exact) mass is 562 g/mol. The summed E-state index contributed by atoms with van der Waals surface area (Å²) in [6, 6.07) is 18.6. The third-order valence-corrected chi connectivity index (χ3v) is 7.39. The molecule has 1 aliphatic heterocycles. The van der Waals surface area contributed by atoms with Gasteiger partial charge in [-0.05, 0) is 46.1 Å². The second-order valence-corrected chi connectivity index (χ2v) is 10.1. The molecule has 36 heavy (non-hydrogen) atoms. The van der Waals surface area contributed by atoms with Crippen LogP contribution in [0.15, 0.2) is 86.1 Å². The van der Waals surface area contributed by atoms with Crippen LogP contribution >= 0.6 is 27.7 Å². The van der Waals surface area contributed by atoms with Crippen molar-refractivity contribution in [1.29, 1.82) is 0 Å². The molecule has 8 nitrogen and oxygen atoms in total. The zero-order chi connectivity index (χ0) is 24.6. The number of aryl methyl sites for hydroxylation is 1. The van der Waals surface area contributed by atoms with Crippen LogP contribution in [0, 0.1) is 0 Å². The Balaban J connectivity index is 1.38. The van der Waals surface area contributed by atoms with Crippen molar-refractivity contribution < 1.29 is 9.47 Å². The maximum absolute atomic E-state index is 13.6. The summed E-state index contributed by atoms with van der Waals surface area (Å²) in [4.78, 5) is 35.6. The molecular weight excluding hydrogens is 544 g/mol. The lowest BCUT2D eigenvalue weighted by Crippen LogP contribution is -2.24. The first-order valence-corrected chi connectivity index (χ1v) is 13.0. The molecule has 0 spiro atoms. The van der Waals surface area contributed by atoms with E-state index in [9.17, 15) is 9.59 Å².